The SMILES string of the molecule is Cc1ccc(Cl)cc1S(=O)(=O)Nc1cccc(F)n1. The molecule has 1 heterocycles. The van der Waals surface area contributed by atoms with Crippen LogP contribution in [0.2, 0.25) is 5.02 Å². The molecule has 19 heavy (non-hydrogen) atoms. The Morgan fingerprint density at radius 2 is 2.00 bits per heavy atom. The van der Waals surface area contributed by atoms with Crippen molar-refractivity contribution < 1.29 is 12.8 Å². The van der Waals surface area contributed by atoms with Crippen LogP contribution in [0.25, 0.3) is 0 Å². The van der Waals surface area contributed by atoms with Crippen LogP contribution in [-0.4, -0.2) is 13.4 Å². The first-order chi connectivity index (χ1) is 8.88. The molecule has 2 rings (SSSR count). The van der Waals surface area contributed by atoms with Crippen molar-refractivity contribution >= 4 is 27.4 Å². The van der Waals surface area contributed by atoms with Gasteiger partial charge in [-0.2, -0.15) is 4.39 Å². The van der Waals surface area contributed by atoms with Gasteiger partial charge < -0.3 is 0 Å². The maximum absolute atomic E-state index is 12.9. The van der Waals surface area contributed by atoms with Gasteiger partial charge in [0, 0.05) is 5.02 Å². The first kappa shape index (κ1) is 13.8. The lowest BCUT2D eigenvalue weighted by atomic mass is 10.2. The highest BCUT2D eigenvalue weighted by molar-refractivity contribution is 7.92. The molecule has 0 unspecified atom stereocenters. The predicted molar refractivity (Wildman–Crippen MR) is 71.2 cm³/mol. The molecule has 0 fully saturated rings. The highest BCUT2D eigenvalue weighted by Crippen LogP contribution is 2.22. The first-order valence-electron chi connectivity index (χ1n) is 5.30. The van der Waals surface area contributed by atoms with E-state index in [-0.39, 0.29) is 10.7 Å². The standard InChI is InChI=1S/C12H10ClFN2O2S/c1-8-5-6-9(13)7-10(8)19(17,18)16-12-4-2-3-11(14)15-12/h2-7H,1H3,(H,15,16). The van der Waals surface area contributed by atoms with Gasteiger partial charge in [-0.3, -0.25) is 4.72 Å². The molecule has 0 saturated carbocycles. The number of anilines is 1. The maximum atomic E-state index is 12.9. The van der Waals surface area contributed by atoms with Crippen molar-refractivity contribution in [1.29, 1.82) is 0 Å². The fourth-order valence-corrected chi connectivity index (χ4v) is 3.03. The molecule has 0 bridgehead atoms. The summed E-state index contributed by atoms with van der Waals surface area (Å²) in [6.45, 7) is 1.64. The van der Waals surface area contributed by atoms with Crippen LogP contribution in [0.5, 0.6) is 0 Å². The molecule has 7 heteroatoms. The van der Waals surface area contributed by atoms with E-state index in [0.717, 1.165) is 6.07 Å². The van der Waals surface area contributed by atoms with Crippen LogP contribution in [-0.2, 0) is 10.0 Å². The molecule has 1 aromatic carbocycles. The monoisotopic (exact) mass is 300 g/mol. The zero-order valence-electron chi connectivity index (χ0n) is 9.89. The minimum atomic E-state index is -3.85. The number of pyridine rings is 1. The van der Waals surface area contributed by atoms with E-state index in [9.17, 15) is 12.8 Å². The number of hydrogen-bond donors (Lipinski definition) is 1. The zero-order valence-corrected chi connectivity index (χ0v) is 11.5. The summed E-state index contributed by atoms with van der Waals surface area (Å²) >= 11 is 5.78. The fraction of sp³-hybridized carbons (Fsp3) is 0.0833. The molecule has 0 aliphatic rings. The molecule has 4 nitrogen and oxygen atoms in total. The van der Waals surface area contributed by atoms with Gasteiger partial charge in [-0.15, -0.1) is 0 Å². The number of rotatable bonds is 3. The minimum absolute atomic E-state index is 0.0334. The molecular weight excluding hydrogens is 291 g/mol. The van der Waals surface area contributed by atoms with E-state index in [0.29, 0.717) is 10.6 Å². The summed E-state index contributed by atoms with van der Waals surface area (Å²) in [4.78, 5) is 3.48. The maximum Gasteiger partial charge on any atom is 0.263 e. The second kappa shape index (κ2) is 5.14. The summed E-state index contributed by atoms with van der Waals surface area (Å²) in [6.07, 6.45) is 0. The molecule has 0 spiro atoms. The predicted octanol–water partition coefficient (Wildman–Crippen LogP) is 2.98. The zero-order chi connectivity index (χ0) is 14.0. The van der Waals surface area contributed by atoms with Gasteiger partial charge in [0.2, 0.25) is 5.95 Å². The summed E-state index contributed by atoms with van der Waals surface area (Å²) in [6, 6.07) is 8.37. The number of nitrogens with one attached hydrogen (secondary N) is 1. The lowest BCUT2D eigenvalue weighted by Crippen LogP contribution is -2.15. The Kier molecular flexibility index (Phi) is 3.73. The van der Waals surface area contributed by atoms with Crippen LogP contribution >= 0.6 is 11.6 Å². The van der Waals surface area contributed by atoms with Crippen LogP contribution in [0.1, 0.15) is 5.56 Å². The first-order valence-corrected chi connectivity index (χ1v) is 7.16. The van der Waals surface area contributed by atoms with Gasteiger partial charge in [0.15, 0.2) is 0 Å². The highest BCUT2D eigenvalue weighted by atomic mass is 35.5. The Hall–Kier alpha value is -1.66. The van der Waals surface area contributed by atoms with Crippen LogP contribution in [0.15, 0.2) is 41.3 Å². The van der Waals surface area contributed by atoms with E-state index in [4.69, 9.17) is 11.6 Å². The van der Waals surface area contributed by atoms with Gasteiger partial charge in [-0.25, -0.2) is 13.4 Å². The van der Waals surface area contributed by atoms with Crippen molar-refractivity contribution in [3.63, 3.8) is 0 Å². The fourth-order valence-electron chi connectivity index (χ4n) is 1.52. The molecule has 100 valence electrons. The summed E-state index contributed by atoms with van der Waals surface area (Å²) in [5.41, 5.74) is 0.535. The molecule has 0 radical (unpaired) electrons. The third-order valence-corrected chi connectivity index (χ3v) is 4.13. The molecule has 0 saturated heterocycles. The van der Waals surface area contributed by atoms with Gasteiger partial charge in [-0.05, 0) is 36.8 Å². The average Bonchev–Trinajstić information content (AvgIpc) is 2.31. The van der Waals surface area contributed by atoms with E-state index >= 15 is 0 Å². The largest absolute Gasteiger partial charge is 0.263 e. The van der Waals surface area contributed by atoms with Crippen molar-refractivity contribution in [3.05, 3.63) is 52.9 Å². The third kappa shape index (κ3) is 3.21. The summed E-state index contributed by atoms with van der Waals surface area (Å²) in [5, 5.41) is 0.304. The highest BCUT2D eigenvalue weighted by Gasteiger charge is 2.18. The molecule has 0 atom stereocenters. The molecule has 1 N–H and O–H groups in total. The van der Waals surface area contributed by atoms with Crippen LogP contribution in [0.3, 0.4) is 0 Å². The van der Waals surface area contributed by atoms with E-state index in [1.807, 2.05) is 0 Å². The van der Waals surface area contributed by atoms with Gasteiger partial charge in [-0.1, -0.05) is 23.7 Å². The van der Waals surface area contributed by atoms with Crippen molar-refractivity contribution in [2.45, 2.75) is 11.8 Å². The Morgan fingerprint density at radius 1 is 1.26 bits per heavy atom. The van der Waals surface area contributed by atoms with E-state index < -0.39 is 16.0 Å². The normalized spacial score (nSPS) is 11.3. The number of aryl methyl sites for hydroxylation is 1. The number of nitrogens with zero attached hydrogens (tertiary/aromatic N) is 1. The van der Waals surface area contributed by atoms with Crippen molar-refractivity contribution in [3.8, 4) is 0 Å². The van der Waals surface area contributed by atoms with Crippen molar-refractivity contribution in [1.82, 2.24) is 4.98 Å². The van der Waals surface area contributed by atoms with Gasteiger partial charge in [0.05, 0.1) is 4.90 Å². The van der Waals surface area contributed by atoms with Crippen LogP contribution in [0.4, 0.5) is 10.2 Å². The van der Waals surface area contributed by atoms with Crippen LogP contribution in [0, 0.1) is 12.9 Å². The Morgan fingerprint density at radius 3 is 2.68 bits per heavy atom. The minimum Gasteiger partial charge on any atom is -0.263 e. The van der Waals surface area contributed by atoms with Crippen molar-refractivity contribution in [2.75, 3.05) is 4.72 Å². The van der Waals surface area contributed by atoms with Crippen molar-refractivity contribution in [2.24, 2.45) is 0 Å². The lowest BCUT2D eigenvalue weighted by Gasteiger charge is -2.10. The Balaban J connectivity index is 2.40. The third-order valence-electron chi connectivity index (χ3n) is 2.39. The second-order valence-electron chi connectivity index (χ2n) is 3.86. The van der Waals surface area contributed by atoms with E-state index in [1.165, 1.54) is 18.2 Å². The quantitative estimate of drug-likeness (QED) is 0.887. The molecule has 1 aromatic heterocycles. The number of hydrogen-bond acceptors (Lipinski definition) is 3. The summed E-state index contributed by atoms with van der Waals surface area (Å²) in [7, 11) is -3.85. The lowest BCUT2D eigenvalue weighted by molar-refractivity contribution is 0.584. The average molecular weight is 301 g/mol. The molecule has 2 aromatic rings. The van der Waals surface area contributed by atoms with Gasteiger partial charge >= 0.3 is 0 Å². The summed E-state index contributed by atoms with van der Waals surface area (Å²) in [5.74, 6) is -0.845. The van der Waals surface area contributed by atoms with Gasteiger partial charge in [0.1, 0.15) is 5.82 Å². The Bertz CT molecular complexity index is 719. The number of benzene rings is 1. The number of halogens is 2. The second-order valence-corrected chi connectivity index (χ2v) is 5.95. The van der Waals surface area contributed by atoms with Gasteiger partial charge in [0.25, 0.3) is 10.0 Å². The number of aromatic nitrogens is 1. The molecule has 0 aliphatic carbocycles. The Labute approximate surface area is 115 Å². The topological polar surface area (TPSA) is 59.1 Å². The smallest absolute Gasteiger partial charge is 0.263 e. The van der Waals surface area contributed by atoms with Crippen LogP contribution < -0.4 is 4.72 Å². The van der Waals surface area contributed by atoms with E-state index in [2.05, 4.69) is 9.71 Å². The molecular formula is C12H10ClFN2O2S. The summed E-state index contributed by atoms with van der Waals surface area (Å²) < 4.78 is 39.4. The van der Waals surface area contributed by atoms with E-state index in [1.54, 1.807) is 19.1 Å². The number of sulfonamides is 1. The molecule has 0 amide bonds. The molecule has 0 aliphatic heterocycles.